The summed E-state index contributed by atoms with van der Waals surface area (Å²) in [5.41, 5.74) is 1.59. The highest BCUT2D eigenvalue weighted by molar-refractivity contribution is 7.99. The number of morpholine rings is 1. The Morgan fingerprint density at radius 3 is 2.65 bits per heavy atom. The Labute approximate surface area is 155 Å². The zero-order chi connectivity index (χ0) is 17.8. The van der Waals surface area contributed by atoms with Crippen LogP contribution in [0.1, 0.15) is 10.5 Å². The number of carbonyl (C=O) groups excluding carboxylic acids is 1. The lowest BCUT2D eigenvalue weighted by Gasteiger charge is -2.27. The Morgan fingerprint density at radius 1 is 1.12 bits per heavy atom. The zero-order valence-corrected chi connectivity index (χ0v) is 15.0. The lowest BCUT2D eigenvalue weighted by Crippen LogP contribution is -2.37. The van der Waals surface area contributed by atoms with Gasteiger partial charge in [-0.1, -0.05) is 30.0 Å². The molecule has 8 heteroatoms. The number of ether oxygens (including phenoxy) is 1. The maximum absolute atomic E-state index is 12.3. The van der Waals surface area contributed by atoms with E-state index in [0.29, 0.717) is 29.8 Å². The number of aromatic nitrogens is 4. The van der Waals surface area contributed by atoms with Crippen molar-refractivity contribution in [3.63, 3.8) is 0 Å². The molecule has 0 saturated carbocycles. The second kappa shape index (κ2) is 7.76. The summed E-state index contributed by atoms with van der Waals surface area (Å²) in [4.78, 5) is 17.4. The van der Waals surface area contributed by atoms with Gasteiger partial charge >= 0.3 is 0 Å². The molecular weight excluding hydrogens is 350 g/mol. The Morgan fingerprint density at radius 2 is 1.92 bits per heavy atom. The van der Waals surface area contributed by atoms with Crippen LogP contribution in [-0.2, 0) is 4.74 Å². The number of para-hydroxylation sites is 1. The number of anilines is 1. The second-order valence-electron chi connectivity index (χ2n) is 5.85. The van der Waals surface area contributed by atoms with Crippen molar-refractivity contribution in [1.29, 1.82) is 0 Å². The summed E-state index contributed by atoms with van der Waals surface area (Å²) >= 11 is 1.39. The van der Waals surface area contributed by atoms with E-state index in [1.165, 1.54) is 11.8 Å². The van der Waals surface area contributed by atoms with Crippen molar-refractivity contribution in [2.24, 2.45) is 0 Å². The molecule has 26 heavy (non-hydrogen) atoms. The maximum Gasteiger partial charge on any atom is 0.232 e. The Bertz CT molecular complexity index is 857. The van der Waals surface area contributed by atoms with E-state index in [2.05, 4.69) is 20.1 Å². The van der Waals surface area contributed by atoms with Crippen LogP contribution in [-0.4, -0.2) is 57.6 Å². The summed E-state index contributed by atoms with van der Waals surface area (Å²) < 4.78 is 7.45. The lowest BCUT2D eigenvalue weighted by molar-refractivity contribution is 0.101. The Hall–Kier alpha value is -2.58. The van der Waals surface area contributed by atoms with Crippen molar-refractivity contribution in [3.8, 4) is 5.69 Å². The third-order valence-electron chi connectivity index (χ3n) is 4.16. The first-order valence-electron chi connectivity index (χ1n) is 8.46. The first kappa shape index (κ1) is 16.9. The minimum Gasteiger partial charge on any atom is -0.378 e. The number of Topliss-reactive ketones (excluding diaryl/α,β-unsaturated/α-hetero) is 1. The highest BCUT2D eigenvalue weighted by Gasteiger charge is 2.22. The number of hydrogen-bond donors (Lipinski definition) is 1. The summed E-state index contributed by atoms with van der Waals surface area (Å²) in [7, 11) is 0. The summed E-state index contributed by atoms with van der Waals surface area (Å²) in [5.74, 6) is 1.12. The van der Waals surface area contributed by atoms with Gasteiger partial charge in [0, 0.05) is 19.3 Å². The molecule has 0 bridgehead atoms. The summed E-state index contributed by atoms with van der Waals surface area (Å²) in [6, 6.07) is 13.6. The van der Waals surface area contributed by atoms with Crippen LogP contribution >= 0.6 is 11.8 Å². The third kappa shape index (κ3) is 3.51. The number of H-pyrrole nitrogens is 1. The summed E-state index contributed by atoms with van der Waals surface area (Å²) in [5, 5.41) is 9.46. The molecule has 4 rings (SSSR count). The van der Waals surface area contributed by atoms with E-state index in [4.69, 9.17) is 4.74 Å². The molecule has 1 aliphatic rings. The van der Waals surface area contributed by atoms with Crippen LogP contribution in [0.3, 0.4) is 0 Å². The SMILES string of the molecule is O=C(CSc1nnc(N2CCOCC2)n1-c1ccccc1)c1ccc[nH]1. The number of carbonyl (C=O) groups is 1. The van der Waals surface area contributed by atoms with E-state index < -0.39 is 0 Å². The molecule has 1 fully saturated rings. The average molecular weight is 369 g/mol. The van der Waals surface area contributed by atoms with E-state index in [0.717, 1.165) is 24.7 Å². The fourth-order valence-corrected chi connectivity index (χ4v) is 3.67. The third-order valence-corrected chi connectivity index (χ3v) is 5.08. The number of nitrogens with one attached hydrogen (secondary N) is 1. The number of hydrogen-bond acceptors (Lipinski definition) is 6. The highest BCUT2D eigenvalue weighted by Crippen LogP contribution is 2.27. The van der Waals surface area contributed by atoms with Crippen molar-refractivity contribution in [1.82, 2.24) is 19.7 Å². The summed E-state index contributed by atoms with van der Waals surface area (Å²) in [6.07, 6.45) is 1.75. The Balaban J connectivity index is 1.61. The molecular formula is C18H19N5O2S. The van der Waals surface area contributed by atoms with Crippen LogP contribution in [0.2, 0.25) is 0 Å². The highest BCUT2D eigenvalue weighted by atomic mass is 32.2. The molecule has 0 unspecified atom stereocenters. The van der Waals surface area contributed by atoms with Gasteiger partial charge in [0.2, 0.25) is 5.95 Å². The van der Waals surface area contributed by atoms with Crippen LogP contribution < -0.4 is 4.90 Å². The van der Waals surface area contributed by atoms with Gasteiger partial charge in [-0.05, 0) is 24.3 Å². The van der Waals surface area contributed by atoms with Crippen molar-refractivity contribution in [2.75, 3.05) is 37.0 Å². The topological polar surface area (TPSA) is 76.0 Å². The van der Waals surface area contributed by atoms with Gasteiger partial charge < -0.3 is 14.6 Å². The van der Waals surface area contributed by atoms with Crippen molar-refractivity contribution >= 4 is 23.5 Å². The Kier molecular flexibility index (Phi) is 5.03. The number of benzene rings is 1. The molecule has 0 atom stereocenters. The van der Waals surface area contributed by atoms with Crippen LogP contribution in [0, 0.1) is 0 Å². The number of rotatable bonds is 6. The molecule has 0 amide bonds. The van der Waals surface area contributed by atoms with Crippen molar-refractivity contribution < 1.29 is 9.53 Å². The number of aromatic amines is 1. The molecule has 2 aromatic heterocycles. The maximum atomic E-state index is 12.3. The van der Waals surface area contributed by atoms with Gasteiger partial charge in [-0.25, -0.2) is 0 Å². The molecule has 1 aliphatic heterocycles. The zero-order valence-electron chi connectivity index (χ0n) is 14.2. The molecule has 0 aliphatic carbocycles. The van der Waals surface area contributed by atoms with E-state index in [-0.39, 0.29) is 5.78 Å². The van der Waals surface area contributed by atoms with E-state index >= 15 is 0 Å². The van der Waals surface area contributed by atoms with E-state index in [9.17, 15) is 4.79 Å². The normalized spacial score (nSPS) is 14.5. The smallest absolute Gasteiger partial charge is 0.232 e. The number of nitrogens with zero attached hydrogens (tertiary/aromatic N) is 4. The minimum atomic E-state index is 0.0375. The van der Waals surface area contributed by atoms with Crippen molar-refractivity contribution in [3.05, 3.63) is 54.4 Å². The van der Waals surface area contributed by atoms with E-state index in [1.807, 2.05) is 41.0 Å². The van der Waals surface area contributed by atoms with Gasteiger partial charge in [-0.3, -0.25) is 9.36 Å². The van der Waals surface area contributed by atoms with Gasteiger partial charge in [0.15, 0.2) is 10.9 Å². The molecule has 1 N–H and O–H groups in total. The molecule has 3 heterocycles. The predicted molar refractivity (Wildman–Crippen MR) is 100 cm³/mol. The largest absolute Gasteiger partial charge is 0.378 e. The number of ketones is 1. The standard InChI is InChI=1S/C18H19N5O2S/c24-16(15-7-4-8-19-15)13-26-18-21-20-17(22-9-11-25-12-10-22)23(18)14-5-2-1-3-6-14/h1-8,19H,9-13H2. The first-order valence-corrected chi connectivity index (χ1v) is 9.44. The number of thioether (sulfide) groups is 1. The fraction of sp³-hybridized carbons (Fsp3) is 0.278. The van der Waals surface area contributed by atoms with Crippen LogP contribution in [0.4, 0.5) is 5.95 Å². The fourth-order valence-electron chi connectivity index (χ4n) is 2.84. The quantitative estimate of drug-likeness (QED) is 0.531. The molecule has 7 nitrogen and oxygen atoms in total. The molecule has 0 radical (unpaired) electrons. The van der Waals surface area contributed by atoms with Crippen LogP contribution in [0.25, 0.3) is 5.69 Å². The molecule has 1 saturated heterocycles. The van der Waals surface area contributed by atoms with Gasteiger partial charge in [0.05, 0.1) is 30.3 Å². The molecule has 0 spiro atoms. The van der Waals surface area contributed by atoms with Gasteiger partial charge in [-0.2, -0.15) is 0 Å². The van der Waals surface area contributed by atoms with Crippen LogP contribution in [0.15, 0.2) is 53.8 Å². The van der Waals surface area contributed by atoms with Gasteiger partial charge in [-0.15, -0.1) is 10.2 Å². The minimum absolute atomic E-state index is 0.0375. The average Bonchev–Trinajstić information content (AvgIpc) is 3.37. The lowest BCUT2D eigenvalue weighted by atomic mass is 10.3. The van der Waals surface area contributed by atoms with Crippen molar-refractivity contribution in [2.45, 2.75) is 5.16 Å². The van der Waals surface area contributed by atoms with E-state index in [1.54, 1.807) is 12.3 Å². The molecule has 1 aromatic carbocycles. The predicted octanol–water partition coefficient (Wildman–Crippen LogP) is 2.41. The second-order valence-corrected chi connectivity index (χ2v) is 6.79. The monoisotopic (exact) mass is 369 g/mol. The van der Waals surface area contributed by atoms with Crippen LogP contribution in [0.5, 0.6) is 0 Å². The van der Waals surface area contributed by atoms with Gasteiger partial charge in [0.25, 0.3) is 0 Å². The first-order chi connectivity index (χ1) is 12.8. The molecule has 134 valence electrons. The van der Waals surface area contributed by atoms with Gasteiger partial charge in [0.1, 0.15) is 0 Å². The molecule has 3 aromatic rings. The summed E-state index contributed by atoms with van der Waals surface area (Å²) in [6.45, 7) is 2.90.